The van der Waals surface area contributed by atoms with Gasteiger partial charge in [0.15, 0.2) is 0 Å². The Morgan fingerprint density at radius 2 is 2.07 bits per heavy atom. The monoisotopic (exact) mass is 412 g/mol. The first kappa shape index (κ1) is 22.1. The molecular formula is C18H24N2O7S. The minimum Gasteiger partial charge on any atom is -0.481 e. The maximum absolute atomic E-state index is 13.0. The lowest BCUT2D eigenvalue weighted by Crippen LogP contribution is -2.62. The van der Waals surface area contributed by atoms with Gasteiger partial charge in [-0.3, -0.25) is 10.0 Å². The molecule has 0 saturated carbocycles. The molecule has 1 saturated heterocycles. The van der Waals surface area contributed by atoms with Crippen molar-refractivity contribution in [3.63, 3.8) is 0 Å². The van der Waals surface area contributed by atoms with Crippen LogP contribution in [-0.2, 0) is 14.8 Å². The lowest BCUT2D eigenvalue weighted by Gasteiger charge is -2.42. The molecule has 0 spiro atoms. The first-order valence-corrected chi connectivity index (χ1v) is 10.1. The Morgan fingerprint density at radius 1 is 1.43 bits per heavy atom. The van der Waals surface area contributed by atoms with Gasteiger partial charge >= 0.3 is 0 Å². The molecule has 2 rings (SSSR count). The predicted octanol–water partition coefficient (Wildman–Crippen LogP) is -0.141. The minimum absolute atomic E-state index is 0.0315. The molecule has 10 heteroatoms. The SMILES string of the molecule is CC(O)C#CCOc1ccc(S(=O)(=O)N2CCCC(C)(O)C2C(=O)NO)cc1. The van der Waals surface area contributed by atoms with Crippen LogP contribution in [0.5, 0.6) is 5.75 Å². The second-order valence-electron chi connectivity index (χ2n) is 6.71. The third-order valence-corrected chi connectivity index (χ3v) is 6.23. The first-order valence-electron chi connectivity index (χ1n) is 8.67. The Balaban J connectivity index is 2.23. The summed E-state index contributed by atoms with van der Waals surface area (Å²) in [4.78, 5) is 12.0. The number of aliphatic hydroxyl groups is 2. The molecule has 0 aromatic heterocycles. The molecular weight excluding hydrogens is 388 g/mol. The fourth-order valence-corrected chi connectivity index (χ4v) is 4.77. The van der Waals surface area contributed by atoms with Gasteiger partial charge in [0.2, 0.25) is 10.0 Å². The number of hydrogen-bond donors (Lipinski definition) is 4. The van der Waals surface area contributed by atoms with E-state index in [-0.39, 0.29) is 24.5 Å². The predicted molar refractivity (Wildman–Crippen MR) is 98.9 cm³/mol. The van der Waals surface area contributed by atoms with E-state index in [4.69, 9.17) is 15.1 Å². The number of benzene rings is 1. The summed E-state index contributed by atoms with van der Waals surface area (Å²) < 4.78 is 32.3. The Morgan fingerprint density at radius 3 is 2.64 bits per heavy atom. The van der Waals surface area contributed by atoms with E-state index in [1.165, 1.54) is 43.6 Å². The lowest BCUT2D eigenvalue weighted by molar-refractivity contribution is -0.144. The van der Waals surface area contributed by atoms with Crippen molar-refractivity contribution in [3.05, 3.63) is 24.3 Å². The van der Waals surface area contributed by atoms with Crippen molar-refractivity contribution in [2.75, 3.05) is 13.2 Å². The molecule has 1 aliphatic rings. The van der Waals surface area contributed by atoms with Crippen molar-refractivity contribution in [1.82, 2.24) is 9.79 Å². The van der Waals surface area contributed by atoms with Gasteiger partial charge in [0.25, 0.3) is 5.91 Å². The maximum atomic E-state index is 13.0. The van der Waals surface area contributed by atoms with Crippen molar-refractivity contribution in [2.24, 2.45) is 0 Å². The van der Waals surface area contributed by atoms with Gasteiger partial charge < -0.3 is 14.9 Å². The number of aliphatic hydroxyl groups excluding tert-OH is 1. The van der Waals surface area contributed by atoms with Crippen LogP contribution in [0.3, 0.4) is 0 Å². The molecule has 3 unspecified atom stereocenters. The summed E-state index contributed by atoms with van der Waals surface area (Å²) in [6.45, 7) is 2.95. The molecule has 1 aromatic carbocycles. The number of hydroxylamine groups is 1. The molecule has 1 aromatic rings. The van der Waals surface area contributed by atoms with Crippen molar-refractivity contribution >= 4 is 15.9 Å². The summed E-state index contributed by atoms with van der Waals surface area (Å²) in [5, 5.41) is 28.5. The maximum Gasteiger partial charge on any atom is 0.264 e. The van der Waals surface area contributed by atoms with Gasteiger partial charge in [0, 0.05) is 6.54 Å². The summed E-state index contributed by atoms with van der Waals surface area (Å²) >= 11 is 0. The molecule has 3 atom stereocenters. The van der Waals surface area contributed by atoms with Crippen LogP contribution in [0.4, 0.5) is 0 Å². The molecule has 9 nitrogen and oxygen atoms in total. The average molecular weight is 412 g/mol. The van der Waals surface area contributed by atoms with E-state index in [0.29, 0.717) is 12.2 Å². The highest BCUT2D eigenvalue weighted by molar-refractivity contribution is 7.89. The zero-order valence-electron chi connectivity index (χ0n) is 15.6. The normalized spacial score (nSPS) is 24.0. The Hall–Kier alpha value is -2.16. The van der Waals surface area contributed by atoms with E-state index in [0.717, 1.165) is 4.31 Å². The van der Waals surface area contributed by atoms with E-state index in [1.807, 2.05) is 0 Å². The standard InChI is InChI=1S/C18H24N2O7S/c1-13(21)5-3-12-27-14-6-8-15(9-7-14)28(25,26)20-11-4-10-18(2,23)16(20)17(22)19-24/h6-9,13,16,21,23-24H,4,10-12H2,1-2H3,(H,19,22). The quantitative estimate of drug-likeness (QED) is 0.300. The smallest absolute Gasteiger partial charge is 0.264 e. The highest BCUT2D eigenvalue weighted by atomic mass is 32.2. The zero-order chi connectivity index (χ0) is 20.9. The number of ether oxygens (including phenoxy) is 1. The second-order valence-corrected chi connectivity index (χ2v) is 8.60. The van der Waals surface area contributed by atoms with E-state index in [2.05, 4.69) is 11.8 Å². The lowest BCUT2D eigenvalue weighted by atomic mass is 9.87. The molecule has 1 heterocycles. The van der Waals surface area contributed by atoms with Gasteiger partial charge in [0.1, 0.15) is 24.5 Å². The van der Waals surface area contributed by atoms with Crippen LogP contribution in [0.1, 0.15) is 26.7 Å². The molecule has 1 amide bonds. The van der Waals surface area contributed by atoms with Crippen molar-refractivity contribution in [2.45, 2.75) is 49.3 Å². The molecule has 28 heavy (non-hydrogen) atoms. The number of rotatable bonds is 5. The number of piperidine rings is 1. The molecule has 0 aliphatic carbocycles. The number of sulfonamides is 1. The van der Waals surface area contributed by atoms with Crippen LogP contribution < -0.4 is 10.2 Å². The van der Waals surface area contributed by atoms with Crippen molar-refractivity contribution in [1.29, 1.82) is 0 Å². The summed E-state index contributed by atoms with van der Waals surface area (Å²) in [5.74, 6) is 4.53. The van der Waals surface area contributed by atoms with Gasteiger partial charge in [-0.25, -0.2) is 13.9 Å². The van der Waals surface area contributed by atoms with Crippen LogP contribution >= 0.6 is 0 Å². The topological polar surface area (TPSA) is 136 Å². The van der Waals surface area contributed by atoms with E-state index in [1.54, 1.807) is 0 Å². The molecule has 1 fully saturated rings. The summed E-state index contributed by atoms with van der Waals surface area (Å²) in [6, 6.07) is 4.08. The molecule has 0 bridgehead atoms. The average Bonchev–Trinajstić information content (AvgIpc) is 2.64. The fourth-order valence-electron chi connectivity index (χ4n) is 3.05. The molecule has 154 valence electrons. The van der Waals surface area contributed by atoms with Crippen LogP contribution in [-0.4, -0.2) is 64.9 Å². The largest absolute Gasteiger partial charge is 0.481 e. The van der Waals surface area contributed by atoms with Gasteiger partial charge in [0.05, 0.1) is 10.5 Å². The number of hydrogen-bond acceptors (Lipinski definition) is 7. The summed E-state index contributed by atoms with van der Waals surface area (Å²) in [5.41, 5.74) is -0.188. The van der Waals surface area contributed by atoms with Gasteiger partial charge in [-0.15, -0.1) is 0 Å². The summed E-state index contributed by atoms with van der Waals surface area (Å²) in [6.07, 6.45) is -0.177. The van der Waals surface area contributed by atoms with E-state index < -0.39 is 33.7 Å². The molecule has 1 aliphatic heterocycles. The van der Waals surface area contributed by atoms with Crippen LogP contribution in [0.2, 0.25) is 0 Å². The van der Waals surface area contributed by atoms with Crippen molar-refractivity contribution in [3.8, 4) is 17.6 Å². The number of carbonyl (C=O) groups excluding carboxylic acids is 1. The second kappa shape index (κ2) is 8.89. The number of carbonyl (C=O) groups is 1. The van der Waals surface area contributed by atoms with Gasteiger partial charge in [-0.1, -0.05) is 11.8 Å². The minimum atomic E-state index is -4.11. The number of nitrogens with one attached hydrogen (secondary N) is 1. The first-order chi connectivity index (χ1) is 13.1. The highest BCUT2D eigenvalue weighted by Crippen LogP contribution is 2.32. The van der Waals surface area contributed by atoms with E-state index >= 15 is 0 Å². The van der Waals surface area contributed by atoms with Crippen LogP contribution in [0.25, 0.3) is 0 Å². The Labute approximate surface area is 163 Å². The van der Waals surface area contributed by atoms with Crippen LogP contribution in [0.15, 0.2) is 29.2 Å². The zero-order valence-corrected chi connectivity index (χ0v) is 16.4. The number of amides is 1. The van der Waals surface area contributed by atoms with Crippen LogP contribution in [0, 0.1) is 11.8 Å². The molecule has 4 N–H and O–H groups in total. The van der Waals surface area contributed by atoms with Gasteiger partial charge in [-0.2, -0.15) is 4.31 Å². The number of nitrogens with zero attached hydrogens (tertiary/aromatic N) is 1. The summed E-state index contributed by atoms with van der Waals surface area (Å²) in [7, 11) is -4.11. The Kier molecular flexibility index (Phi) is 7.03. The Bertz CT molecular complexity index is 854. The third kappa shape index (κ3) is 5.01. The van der Waals surface area contributed by atoms with E-state index in [9.17, 15) is 18.3 Å². The molecule has 0 radical (unpaired) electrons. The highest BCUT2D eigenvalue weighted by Gasteiger charge is 2.49. The third-order valence-electron chi connectivity index (χ3n) is 4.35. The fraction of sp³-hybridized carbons (Fsp3) is 0.500. The van der Waals surface area contributed by atoms with Crippen molar-refractivity contribution < 1.29 is 33.4 Å². The van der Waals surface area contributed by atoms with Gasteiger partial charge in [-0.05, 0) is 51.0 Å².